The van der Waals surface area contributed by atoms with Crippen LogP contribution in [0.25, 0.3) is 0 Å². The number of pyridine rings is 1. The van der Waals surface area contributed by atoms with Gasteiger partial charge in [-0.25, -0.2) is 4.98 Å². The van der Waals surface area contributed by atoms with E-state index in [1.165, 1.54) is 5.69 Å². The van der Waals surface area contributed by atoms with E-state index in [4.69, 9.17) is 0 Å². The zero-order valence-corrected chi connectivity index (χ0v) is 18.0. The number of aromatic nitrogens is 1. The van der Waals surface area contributed by atoms with E-state index in [2.05, 4.69) is 53.3 Å². The molecular weight excluding hydrogens is 376 g/mol. The second-order valence-electron chi connectivity index (χ2n) is 8.82. The molecule has 4 rings (SSSR count). The van der Waals surface area contributed by atoms with Crippen LogP contribution in [0.1, 0.15) is 45.1 Å². The van der Waals surface area contributed by atoms with Gasteiger partial charge in [0.05, 0.1) is 11.8 Å². The fourth-order valence-electron chi connectivity index (χ4n) is 4.16. The Hall–Kier alpha value is -2.60. The van der Waals surface area contributed by atoms with Crippen LogP contribution in [-0.4, -0.2) is 41.7 Å². The summed E-state index contributed by atoms with van der Waals surface area (Å²) in [4.78, 5) is 21.3. The van der Waals surface area contributed by atoms with E-state index in [1.807, 2.05) is 17.2 Å². The maximum atomic E-state index is 12.5. The lowest BCUT2D eigenvalue weighted by Crippen LogP contribution is -2.36. The lowest BCUT2D eigenvalue weighted by Gasteiger charge is -2.31. The summed E-state index contributed by atoms with van der Waals surface area (Å²) < 4.78 is 0. The normalized spacial score (nSPS) is 17.4. The lowest BCUT2D eigenvalue weighted by atomic mass is 10.0. The van der Waals surface area contributed by atoms with E-state index >= 15 is 0 Å². The molecule has 0 unspecified atom stereocenters. The van der Waals surface area contributed by atoms with Gasteiger partial charge in [0.25, 0.3) is 0 Å². The Morgan fingerprint density at radius 3 is 2.60 bits per heavy atom. The van der Waals surface area contributed by atoms with Crippen LogP contribution >= 0.6 is 0 Å². The minimum atomic E-state index is -0.163. The van der Waals surface area contributed by atoms with E-state index in [0.717, 1.165) is 68.1 Å². The molecule has 1 saturated heterocycles. The standard InChI is InChI=1S/C24H32N4O2/c1-17(2)9-14-28-22-15-23(25-16-18(22)3-8-24(28)30)26-19-4-6-20(7-5-19)27-12-10-21(29)11-13-27/h4-7,15-17,21,29H,3,8-14H2,1-2H3,(H,25,26). The Morgan fingerprint density at radius 2 is 1.90 bits per heavy atom. The van der Waals surface area contributed by atoms with Gasteiger partial charge >= 0.3 is 0 Å². The third-order valence-electron chi connectivity index (χ3n) is 6.06. The Balaban J connectivity index is 1.47. The van der Waals surface area contributed by atoms with Crippen LogP contribution in [0, 0.1) is 5.92 Å². The van der Waals surface area contributed by atoms with Crippen molar-refractivity contribution in [3.8, 4) is 0 Å². The number of amides is 1. The predicted molar refractivity (Wildman–Crippen MR) is 122 cm³/mol. The van der Waals surface area contributed by atoms with Gasteiger partial charge in [0.15, 0.2) is 0 Å². The zero-order chi connectivity index (χ0) is 21.1. The van der Waals surface area contributed by atoms with Crippen LogP contribution in [0.2, 0.25) is 0 Å². The molecule has 0 atom stereocenters. The molecule has 2 aromatic rings. The third kappa shape index (κ3) is 4.75. The second kappa shape index (κ2) is 9.04. The number of rotatable bonds is 6. The van der Waals surface area contributed by atoms with Gasteiger partial charge in [-0.05, 0) is 61.4 Å². The molecule has 0 radical (unpaired) electrons. The van der Waals surface area contributed by atoms with Gasteiger partial charge in [-0.2, -0.15) is 0 Å². The molecule has 160 valence electrons. The summed E-state index contributed by atoms with van der Waals surface area (Å²) in [5, 5.41) is 13.1. The monoisotopic (exact) mass is 408 g/mol. The number of aliphatic hydroxyl groups excluding tert-OH is 1. The fourth-order valence-corrected chi connectivity index (χ4v) is 4.16. The van der Waals surface area contributed by atoms with Crippen LogP contribution in [-0.2, 0) is 11.2 Å². The van der Waals surface area contributed by atoms with E-state index in [-0.39, 0.29) is 12.0 Å². The third-order valence-corrected chi connectivity index (χ3v) is 6.06. The van der Waals surface area contributed by atoms with Crippen molar-refractivity contribution in [1.29, 1.82) is 0 Å². The van der Waals surface area contributed by atoms with Crippen molar-refractivity contribution in [2.75, 3.05) is 34.8 Å². The molecule has 0 bridgehead atoms. The number of benzene rings is 1. The number of nitrogens with zero attached hydrogens (tertiary/aromatic N) is 3. The molecule has 6 heteroatoms. The summed E-state index contributed by atoms with van der Waals surface area (Å²) in [5.74, 6) is 1.52. The molecule has 1 fully saturated rings. The first-order valence-electron chi connectivity index (χ1n) is 11.1. The molecule has 0 spiro atoms. The van der Waals surface area contributed by atoms with Gasteiger partial charge < -0.3 is 20.2 Å². The second-order valence-corrected chi connectivity index (χ2v) is 8.82. The molecule has 1 aromatic carbocycles. The largest absolute Gasteiger partial charge is 0.393 e. The molecular formula is C24H32N4O2. The molecule has 3 heterocycles. The summed E-state index contributed by atoms with van der Waals surface area (Å²) in [5.41, 5.74) is 4.29. The van der Waals surface area contributed by atoms with Gasteiger partial charge in [-0.3, -0.25) is 4.79 Å². The van der Waals surface area contributed by atoms with Crippen LogP contribution < -0.4 is 15.1 Å². The van der Waals surface area contributed by atoms with Crippen LogP contribution in [0.5, 0.6) is 0 Å². The molecule has 30 heavy (non-hydrogen) atoms. The number of aryl methyl sites for hydroxylation is 1. The number of nitrogens with one attached hydrogen (secondary N) is 1. The summed E-state index contributed by atoms with van der Waals surface area (Å²) in [6.07, 6.45) is 5.71. The lowest BCUT2D eigenvalue weighted by molar-refractivity contribution is -0.118. The summed E-state index contributed by atoms with van der Waals surface area (Å²) in [7, 11) is 0. The average molecular weight is 409 g/mol. The SMILES string of the molecule is CC(C)CCN1C(=O)CCc2cnc(Nc3ccc(N4CCC(O)CC4)cc3)cc21. The average Bonchev–Trinajstić information content (AvgIpc) is 2.74. The first-order valence-corrected chi connectivity index (χ1v) is 11.1. The van der Waals surface area contributed by atoms with Crippen molar-refractivity contribution in [3.63, 3.8) is 0 Å². The Kier molecular flexibility index (Phi) is 6.23. The van der Waals surface area contributed by atoms with Crippen molar-refractivity contribution >= 4 is 28.8 Å². The Bertz CT molecular complexity index is 873. The number of hydrogen-bond donors (Lipinski definition) is 2. The first kappa shape index (κ1) is 20.7. The quantitative estimate of drug-likeness (QED) is 0.753. The minimum absolute atomic E-state index is 0.163. The molecule has 2 aliphatic rings. The fraction of sp³-hybridized carbons (Fsp3) is 0.500. The Morgan fingerprint density at radius 1 is 1.17 bits per heavy atom. The molecule has 1 aromatic heterocycles. The maximum absolute atomic E-state index is 12.5. The minimum Gasteiger partial charge on any atom is -0.393 e. The zero-order valence-electron chi connectivity index (χ0n) is 18.0. The maximum Gasteiger partial charge on any atom is 0.227 e. The van der Waals surface area contributed by atoms with E-state index in [0.29, 0.717) is 12.3 Å². The summed E-state index contributed by atoms with van der Waals surface area (Å²) >= 11 is 0. The highest BCUT2D eigenvalue weighted by molar-refractivity contribution is 5.96. The number of carbonyl (C=O) groups is 1. The van der Waals surface area contributed by atoms with Gasteiger partial charge in [-0.1, -0.05) is 13.8 Å². The summed E-state index contributed by atoms with van der Waals surface area (Å²) in [6, 6.07) is 10.3. The van der Waals surface area contributed by atoms with Gasteiger partial charge in [0.2, 0.25) is 5.91 Å². The van der Waals surface area contributed by atoms with Crippen LogP contribution in [0.15, 0.2) is 36.5 Å². The first-order chi connectivity index (χ1) is 14.5. The van der Waals surface area contributed by atoms with Gasteiger partial charge in [-0.15, -0.1) is 0 Å². The van der Waals surface area contributed by atoms with Crippen LogP contribution in [0.4, 0.5) is 22.9 Å². The molecule has 2 N–H and O–H groups in total. The highest BCUT2D eigenvalue weighted by Gasteiger charge is 2.25. The number of hydrogen-bond acceptors (Lipinski definition) is 5. The van der Waals surface area contributed by atoms with Crippen molar-refractivity contribution in [1.82, 2.24) is 4.98 Å². The molecule has 6 nitrogen and oxygen atoms in total. The molecule has 0 saturated carbocycles. The predicted octanol–water partition coefficient (Wildman–Crippen LogP) is 4.11. The number of fused-ring (bicyclic) bond motifs is 1. The van der Waals surface area contributed by atoms with Crippen molar-refractivity contribution in [3.05, 3.63) is 42.1 Å². The van der Waals surface area contributed by atoms with Crippen molar-refractivity contribution < 1.29 is 9.90 Å². The van der Waals surface area contributed by atoms with Crippen LogP contribution in [0.3, 0.4) is 0 Å². The number of aliphatic hydroxyl groups is 1. The van der Waals surface area contributed by atoms with E-state index in [1.54, 1.807) is 0 Å². The number of carbonyl (C=O) groups excluding carboxylic acids is 1. The highest BCUT2D eigenvalue weighted by atomic mass is 16.3. The number of anilines is 4. The topological polar surface area (TPSA) is 68.7 Å². The number of piperidine rings is 1. The van der Waals surface area contributed by atoms with Gasteiger partial charge in [0, 0.05) is 49.7 Å². The van der Waals surface area contributed by atoms with Gasteiger partial charge in [0.1, 0.15) is 5.82 Å². The smallest absolute Gasteiger partial charge is 0.227 e. The molecule has 0 aliphatic carbocycles. The summed E-state index contributed by atoms with van der Waals surface area (Å²) in [6.45, 7) is 6.91. The van der Waals surface area contributed by atoms with E-state index < -0.39 is 0 Å². The molecule has 2 aliphatic heterocycles. The molecule has 1 amide bonds. The Labute approximate surface area is 178 Å². The van der Waals surface area contributed by atoms with Crippen molar-refractivity contribution in [2.45, 2.75) is 52.1 Å². The van der Waals surface area contributed by atoms with E-state index in [9.17, 15) is 9.90 Å². The highest BCUT2D eigenvalue weighted by Crippen LogP contribution is 2.31. The van der Waals surface area contributed by atoms with Crippen molar-refractivity contribution in [2.24, 2.45) is 5.92 Å².